The molecule has 1 heterocycles. The van der Waals surface area contributed by atoms with Crippen molar-refractivity contribution in [2.75, 3.05) is 0 Å². The van der Waals surface area contributed by atoms with Crippen molar-refractivity contribution in [2.24, 2.45) is 0 Å². The van der Waals surface area contributed by atoms with Crippen molar-refractivity contribution in [3.05, 3.63) is 22.6 Å². The number of nitrogens with one attached hydrogen (secondary N) is 1. The second-order valence-corrected chi connectivity index (χ2v) is 4.40. The summed E-state index contributed by atoms with van der Waals surface area (Å²) in [6.45, 7) is 0. The van der Waals surface area contributed by atoms with Crippen LogP contribution >= 0.6 is 11.8 Å². The van der Waals surface area contributed by atoms with E-state index in [2.05, 4.69) is 9.97 Å². The van der Waals surface area contributed by atoms with Crippen molar-refractivity contribution in [2.45, 2.75) is 29.7 Å². The summed E-state index contributed by atoms with van der Waals surface area (Å²) < 4.78 is 0. The van der Waals surface area contributed by atoms with Crippen LogP contribution in [-0.4, -0.2) is 21.0 Å². The van der Waals surface area contributed by atoms with Gasteiger partial charge in [-0.3, -0.25) is 9.59 Å². The summed E-state index contributed by atoms with van der Waals surface area (Å²) >= 11 is 1.36. The molecule has 0 aromatic carbocycles. The highest BCUT2D eigenvalue weighted by molar-refractivity contribution is 8.00. The van der Waals surface area contributed by atoms with E-state index in [1.54, 1.807) is 0 Å². The van der Waals surface area contributed by atoms with Gasteiger partial charge in [-0.15, -0.1) is 0 Å². The van der Waals surface area contributed by atoms with E-state index < -0.39 is 0 Å². The van der Waals surface area contributed by atoms with Gasteiger partial charge in [0.15, 0.2) is 5.16 Å². The molecule has 1 aromatic rings. The van der Waals surface area contributed by atoms with Crippen LogP contribution in [0.1, 0.15) is 19.3 Å². The van der Waals surface area contributed by atoms with Gasteiger partial charge >= 0.3 is 0 Å². The van der Waals surface area contributed by atoms with Crippen LogP contribution in [-0.2, 0) is 4.79 Å². The van der Waals surface area contributed by atoms with Crippen LogP contribution in [0.25, 0.3) is 0 Å². The standard InChI is InChI=1S/C9H10N2O2S/c12-6-2-1-3-7(6)14-9-10-5-4-8(13)11-9/h4-5,7H,1-3H2,(H,10,11,13). The van der Waals surface area contributed by atoms with Gasteiger partial charge in [-0.05, 0) is 12.8 Å². The van der Waals surface area contributed by atoms with Gasteiger partial charge in [0.25, 0.3) is 5.56 Å². The van der Waals surface area contributed by atoms with E-state index in [0.717, 1.165) is 12.8 Å². The molecule has 1 aromatic heterocycles. The molecule has 1 aliphatic rings. The number of hydrogen-bond acceptors (Lipinski definition) is 4. The summed E-state index contributed by atoms with van der Waals surface area (Å²) in [5.41, 5.74) is -0.173. The minimum absolute atomic E-state index is 0.0134. The summed E-state index contributed by atoms with van der Waals surface area (Å²) in [5.74, 6) is 0.265. The Bertz CT molecular complexity index is 402. The van der Waals surface area contributed by atoms with Crippen molar-refractivity contribution >= 4 is 17.5 Å². The molecule has 74 valence electrons. The van der Waals surface area contributed by atoms with Crippen LogP contribution < -0.4 is 5.56 Å². The zero-order valence-corrected chi connectivity index (χ0v) is 8.34. The number of nitrogens with zero attached hydrogens (tertiary/aromatic N) is 1. The van der Waals surface area contributed by atoms with E-state index >= 15 is 0 Å². The molecule has 1 N–H and O–H groups in total. The van der Waals surface area contributed by atoms with Crippen LogP contribution in [0.5, 0.6) is 0 Å². The van der Waals surface area contributed by atoms with Gasteiger partial charge < -0.3 is 4.98 Å². The normalized spacial score (nSPS) is 21.4. The minimum Gasteiger partial charge on any atom is -0.301 e. The number of carbonyl (C=O) groups excluding carboxylic acids is 1. The first-order chi connectivity index (χ1) is 6.75. The maximum absolute atomic E-state index is 11.3. The summed E-state index contributed by atoms with van der Waals surface area (Å²) in [4.78, 5) is 28.9. The van der Waals surface area contributed by atoms with Crippen molar-refractivity contribution in [3.8, 4) is 0 Å². The number of H-pyrrole nitrogens is 1. The predicted octanol–water partition coefficient (Wildman–Crippen LogP) is 0.984. The Hall–Kier alpha value is -1.10. The lowest BCUT2D eigenvalue weighted by atomic mass is 10.3. The predicted molar refractivity (Wildman–Crippen MR) is 53.4 cm³/mol. The highest BCUT2D eigenvalue weighted by atomic mass is 32.2. The van der Waals surface area contributed by atoms with E-state index in [4.69, 9.17) is 0 Å². The lowest BCUT2D eigenvalue weighted by molar-refractivity contribution is -0.116. The zero-order valence-electron chi connectivity index (χ0n) is 7.53. The summed E-state index contributed by atoms with van der Waals surface area (Å²) in [5, 5.41) is 0.526. The molecule has 1 unspecified atom stereocenters. The molecule has 0 spiro atoms. The Morgan fingerprint density at radius 1 is 1.50 bits per heavy atom. The number of hydrogen-bond donors (Lipinski definition) is 1. The van der Waals surface area contributed by atoms with Crippen LogP contribution in [0.2, 0.25) is 0 Å². The Morgan fingerprint density at radius 3 is 3.00 bits per heavy atom. The molecule has 0 radical (unpaired) electrons. The van der Waals surface area contributed by atoms with E-state index in [1.165, 1.54) is 24.0 Å². The SMILES string of the molecule is O=C1CCCC1Sc1nccc(=O)[nH]1. The van der Waals surface area contributed by atoms with Crippen molar-refractivity contribution in [1.82, 2.24) is 9.97 Å². The molecule has 5 heteroatoms. The average molecular weight is 210 g/mol. The number of thioether (sulfide) groups is 1. The fraction of sp³-hybridized carbons (Fsp3) is 0.444. The largest absolute Gasteiger partial charge is 0.301 e. The number of rotatable bonds is 2. The first kappa shape index (κ1) is 9.45. The zero-order chi connectivity index (χ0) is 9.97. The fourth-order valence-corrected chi connectivity index (χ4v) is 2.54. The van der Waals surface area contributed by atoms with E-state index in [0.29, 0.717) is 11.6 Å². The number of Topliss-reactive ketones (excluding diaryl/α,β-unsaturated/α-hetero) is 1. The Labute approximate surface area is 85.1 Å². The lowest BCUT2D eigenvalue weighted by Crippen LogP contribution is -2.11. The van der Waals surface area contributed by atoms with Crippen molar-refractivity contribution < 1.29 is 4.79 Å². The Kier molecular flexibility index (Phi) is 2.67. The molecule has 4 nitrogen and oxygen atoms in total. The quantitative estimate of drug-likeness (QED) is 0.739. The minimum atomic E-state index is -0.173. The van der Waals surface area contributed by atoms with Gasteiger partial charge in [0.05, 0.1) is 5.25 Å². The molecular weight excluding hydrogens is 200 g/mol. The summed E-state index contributed by atoms with van der Waals surface area (Å²) in [6.07, 6.45) is 3.96. The van der Waals surface area contributed by atoms with E-state index in [1.807, 2.05) is 0 Å². The third-order valence-electron chi connectivity index (χ3n) is 2.15. The van der Waals surface area contributed by atoms with Crippen LogP contribution in [0.4, 0.5) is 0 Å². The number of carbonyl (C=O) groups is 1. The smallest absolute Gasteiger partial charge is 0.251 e. The third-order valence-corrected chi connectivity index (χ3v) is 3.36. The first-order valence-electron chi connectivity index (χ1n) is 4.50. The molecule has 1 saturated carbocycles. The van der Waals surface area contributed by atoms with E-state index in [9.17, 15) is 9.59 Å². The molecule has 1 fully saturated rings. The first-order valence-corrected chi connectivity index (χ1v) is 5.38. The molecular formula is C9H10N2O2S. The molecule has 1 atom stereocenters. The van der Waals surface area contributed by atoms with Crippen molar-refractivity contribution in [3.63, 3.8) is 0 Å². The van der Waals surface area contributed by atoms with Crippen LogP contribution in [0.3, 0.4) is 0 Å². The molecule has 0 aliphatic heterocycles. The van der Waals surface area contributed by atoms with Crippen molar-refractivity contribution in [1.29, 1.82) is 0 Å². The summed E-state index contributed by atoms with van der Waals surface area (Å²) in [7, 11) is 0. The van der Waals surface area contributed by atoms with Gasteiger partial charge in [0, 0.05) is 18.7 Å². The van der Waals surface area contributed by atoms with Gasteiger partial charge in [-0.2, -0.15) is 0 Å². The van der Waals surface area contributed by atoms with Gasteiger partial charge in [0.1, 0.15) is 5.78 Å². The Balaban J connectivity index is 2.10. The number of aromatic amines is 1. The average Bonchev–Trinajstić information content (AvgIpc) is 2.52. The molecule has 0 amide bonds. The number of aromatic nitrogens is 2. The Morgan fingerprint density at radius 2 is 2.36 bits per heavy atom. The highest BCUT2D eigenvalue weighted by Gasteiger charge is 2.25. The molecule has 0 bridgehead atoms. The molecule has 1 aliphatic carbocycles. The second kappa shape index (κ2) is 3.96. The van der Waals surface area contributed by atoms with Crippen LogP contribution in [0.15, 0.2) is 22.2 Å². The maximum Gasteiger partial charge on any atom is 0.251 e. The number of ketones is 1. The van der Waals surface area contributed by atoms with Crippen LogP contribution in [0, 0.1) is 0 Å². The van der Waals surface area contributed by atoms with Gasteiger partial charge in [-0.25, -0.2) is 4.98 Å². The lowest BCUT2D eigenvalue weighted by Gasteiger charge is -2.04. The van der Waals surface area contributed by atoms with Gasteiger partial charge in [0.2, 0.25) is 0 Å². The molecule has 2 rings (SSSR count). The van der Waals surface area contributed by atoms with E-state index in [-0.39, 0.29) is 16.6 Å². The highest BCUT2D eigenvalue weighted by Crippen LogP contribution is 2.29. The third kappa shape index (κ3) is 2.04. The topological polar surface area (TPSA) is 62.8 Å². The monoisotopic (exact) mass is 210 g/mol. The second-order valence-electron chi connectivity index (χ2n) is 3.20. The molecule has 14 heavy (non-hydrogen) atoms. The molecule has 0 saturated heterocycles. The van der Waals surface area contributed by atoms with Gasteiger partial charge in [-0.1, -0.05) is 11.8 Å². The fourth-order valence-electron chi connectivity index (χ4n) is 1.45. The summed E-state index contributed by atoms with van der Waals surface area (Å²) in [6, 6.07) is 1.36. The maximum atomic E-state index is 11.3.